The average molecular weight is 316 g/mol. The standard InChI is InChI=1S/C15H14ClN5O/c16-11-3-4-14(21-9-17-18-19-21)13(8-11)10-6-12-2-1-5-20(12)15(22)7-10/h3-4,7-9,12H,1-2,5-6H2. The number of hydrogen-bond acceptors (Lipinski definition) is 4. The molecule has 1 fully saturated rings. The molecule has 1 aromatic carbocycles. The van der Waals surface area contributed by atoms with Gasteiger partial charge in [0.15, 0.2) is 0 Å². The van der Waals surface area contributed by atoms with Crippen LogP contribution in [0, 0.1) is 0 Å². The quantitative estimate of drug-likeness (QED) is 0.851. The zero-order valence-electron chi connectivity index (χ0n) is 11.8. The molecule has 7 heteroatoms. The third-order valence-electron chi connectivity index (χ3n) is 4.31. The fraction of sp³-hybridized carbons (Fsp3) is 0.333. The Labute approximate surface area is 132 Å². The zero-order chi connectivity index (χ0) is 15.1. The zero-order valence-corrected chi connectivity index (χ0v) is 12.6. The molecule has 2 aliphatic rings. The van der Waals surface area contributed by atoms with E-state index >= 15 is 0 Å². The molecule has 0 N–H and O–H groups in total. The highest BCUT2D eigenvalue weighted by molar-refractivity contribution is 6.30. The fourth-order valence-electron chi connectivity index (χ4n) is 3.31. The van der Waals surface area contributed by atoms with Gasteiger partial charge in [-0.25, -0.2) is 0 Å². The van der Waals surface area contributed by atoms with E-state index in [0.717, 1.165) is 42.6 Å². The molecule has 0 spiro atoms. The lowest BCUT2D eigenvalue weighted by Crippen LogP contribution is -2.37. The smallest absolute Gasteiger partial charge is 0.247 e. The lowest BCUT2D eigenvalue weighted by atomic mass is 9.93. The third-order valence-corrected chi connectivity index (χ3v) is 4.55. The van der Waals surface area contributed by atoms with Crippen LogP contribution in [0.1, 0.15) is 24.8 Å². The van der Waals surface area contributed by atoms with Crippen LogP contribution in [0.15, 0.2) is 30.6 Å². The molecule has 3 heterocycles. The lowest BCUT2D eigenvalue weighted by molar-refractivity contribution is -0.127. The first kappa shape index (κ1) is 13.5. The Morgan fingerprint density at radius 3 is 3.05 bits per heavy atom. The van der Waals surface area contributed by atoms with Crippen molar-refractivity contribution in [3.8, 4) is 5.69 Å². The molecule has 0 bridgehead atoms. The maximum absolute atomic E-state index is 12.3. The Bertz CT molecular complexity index is 755. The summed E-state index contributed by atoms with van der Waals surface area (Å²) in [5, 5.41) is 11.9. The van der Waals surface area contributed by atoms with Crippen molar-refractivity contribution in [2.45, 2.75) is 25.3 Å². The molecule has 1 saturated heterocycles. The van der Waals surface area contributed by atoms with E-state index in [-0.39, 0.29) is 5.91 Å². The summed E-state index contributed by atoms with van der Waals surface area (Å²) in [7, 11) is 0. The number of hydrogen-bond donors (Lipinski definition) is 0. The minimum atomic E-state index is 0.0893. The Balaban J connectivity index is 1.81. The van der Waals surface area contributed by atoms with E-state index in [0.29, 0.717) is 11.1 Å². The molecule has 2 aliphatic heterocycles. The molecule has 112 valence electrons. The number of tetrazole rings is 1. The average Bonchev–Trinajstić information content (AvgIpc) is 3.18. The number of halogens is 1. The van der Waals surface area contributed by atoms with Crippen molar-refractivity contribution < 1.29 is 4.79 Å². The van der Waals surface area contributed by atoms with Gasteiger partial charge in [-0.2, -0.15) is 4.68 Å². The molecule has 22 heavy (non-hydrogen) atoms. The SMILES string of the molecule is O=C1C=C(c2cc(Cl)ccc2-n2cnnn2)CC2CCCN12. The monoisotopic (exact) mass is 315 g/mol. The normalized spacial score (nSPS) is 21.0. The summed E-state index contributed by atoms with van der Waals surface area (Å²) in [5.74, 6) is 0.0893. The van der Waals surface area contributed by atoms with Crippen molar-refractivity contribution >= 4 is 23.1 Å². The highest BCUT2D eigenvalue weighted by Gasteiger charge is 2.33. The second-order valence-corrected chi connectivity index (χ2v) is 6.05. The summed E-state index contributed by atoms with van der Waals surface area (Å²) < 4.78 is 1.60. The van der Waals surface area contributed by atoms with Crippen molar-refractivity contribution in [3.05, 3.63) is 41.2 Å². The van der Waals surface area contributed by atoms with E-state index in [1.54, 1.807) is 23.2 Å². The van der Waals surface area contributed by atoms with Crippen molar-refractivity contribution in [3.63, 3.8) is 0 Å². The summed E-state index contributed by atoms with van der Waals surface area (Å²) in [4.78, 5) is 14.3. The van der Waals surface area contributed by atoms with E-state index in [9.17, 15) is 4.79 Å². The Morgan fingerprint density at radius 1 is 1.32 bits per heavy atom. The minimum Gasteiger partial charge on any atom is -0.336 e. The number of benzene rings is 1. The van der Waals surface area contributed by atoms with Crippen LogP contribution in [-0.2, 0) is 4.79 Å². The van der Waals surface area contributed by atoms with E-state index in [4.69, 9.17) is 11.6 Å². The second-order valence-electron chi connectivity index (χ2n) is 5.62. The minimum absolute atomic E-state index is 0.0893. The van der Waals surface area contributed by atoms with Gasteiger partial charge in [-0.3, -0.25) is 4.79 Å². The third kappa shape index (κ3) is 2.20. The molecule has 4 rings (SSSR count). The van der Waals surface area contributed by atoms with E-state index in [2.05, 4.69) is 15.5 Å². The van der Waals surface area contributed by atoms with E-state index in [1.165, 1.54) is 0 Å². The van der Waals surface area contributed by atoms with Crippen molar-refractivity contribution in [1.29, 1.82) is 0 Å². The van der Waals surface area contributed by atoms with Gasteiger partial charge in [-0.05, 0) is 53.5 Å². The molecule has 1 amide bonds. The van der Waals surface area contributed by atoms with Gasteiger partial charge in [0.05, 0.1) is 5.69 Å². The predicted molar refractivity (Wildman–Crippen MR) is 81.5 cm³/mol. The molecule has 1 aromatic heterocycles. The number of carbonyl (C=O) groups excluding carboxylic acids is 1. The van der Waals surface area contributed by atoms with Crippen molar-refractivity contribution in [2.24, 2.45) is 0 Å². The number of aromatic nitrogens is 4. The van der Waals surface area contributed by atoms with Crippen LogP contribution < -0.4 is 0 Å². The fourth-order valence-corrected chi connectivity index (χ4v) is 3.48. The summed E-state index contributed by atoms with van der Waals surface area (Å²) >= 11 is 6.16. The van der Waals surface area contributed by atoms with Crippen LogP contribution in [0.3, 0.4) is 0 Å². The van der Waals surface area contributed by atoms with Crippen LogP contribution in [-0.4, -0.2) is 43.6 Å². The first-order valence-electron chi connectivity index (χ1n) is 7.27. The van der Waals surface area contributed by atoms with Gasteiger partial charge >= 0.3 is 0 Å². The van der Waals surface area contributed by atoms with Gasteiger partial charge in [0.25, 0.3) is 0 Å². The maximum atomic E-state index is 12.3. The van der Waals surface area contributed by atoms with Gasteiger partial charge in [0, 0.05) is 29.2 Å². The Kier molecular flexibility index (Phi) is 3.18. The Hall–Kier alpha value is -2.21. The van der Waals surface area contributed by atoms with Gasteiger partial charge in [0.1, 0.15) is 6.33 Å². The topological polar surface area (TPSA) is 63.9 Å². The molecule has 0 saturated carbocycles. The van der Waals surface area contributed by atoms with Crippen molar-refractivity contribution in [2.75, 3.05) is 6.54 Å². The van der Waals surface area contributed by atoms with Gasteiger partial charge in [-0.1, -0.05) is 11.6 Å². The Morgan fingerprint density at radius 2 is 2.23 bits per heavy atom. The van der Waals surface area contributed by atoms with Crippen LogP contribution in [0.5, 0.6) is 0 Å². The predicted octanol–water partition coefficient (Wildman–Crippen LogP) is 2.09. The van der Waals surface area contributed by atoms with Gasteiger partial charge < -0.3 is 4.90 Å². The first-order chi connectivity index (χ1) is 10.7. The first-order valence-corrected chi connectivity index (χ1v) is 7.64. The molecule has 2 aromatic rings. The number of rotatable bonds is 2. The van der Waals surface area contributed by atoms with Crippen LogP contribution in [0.4, 0.5) is 0 Å². The van der Waals surface area contributed by atoms with Crippen LogP contribution in [0.2, 0.25) is 5.02 Å². The largest absolute Gasteiger partial charge is 0.336 e. The summed E-state index contributed by atoms with van der Waals surface area (Å²) in [6.45, 7) is 0.864. The molecule has 6 nitrogen and oxygen atoms in total. The summed E-state index contributed by atoms with van der Waals surface area (Å²) in [6, 6.07) is 5.85. The maximum Gasteiger partial charge on any atom is 0.247 e. The lowest BCUT2D eigenvalue weighted by Gasteiger charge is -2.29. The molecule has 1 atom stereocenters. The number of amides is 1. The number of fused-ring (bicyclic) bond motifs is 1. The molecule has 0 radical (unpaired) electrons. The van der Waals surface area contributed by atoms with Crippen LogP contribution in [0.25, 0.3) is 11.3 Å². The molecular weight excluding hydrogens is 302 g/mol. The number of carbonyl (C=O) groups is 1. The molecular formula is C15H14ClN5O. The second kappa shape index (κ2) is 5.21. The number of nitrogens with zero attached hydrogens (tertiary/aromatic N) is 5. The van der Waals surface area contributed by atoms with Crippen molar-refractivity contribution in [1.82, 2.24) is 25.1 Å². The molecule has 1 unspecified atom stereocenters. The van der Waals surface area contributed by atoms with E-state index < -0.39 is 0 Å². The van der Waals surface area contributed by atoms with Gasteiger partial charge in [-0.15, -0.1) is 5.10 Å². The highest BCUT2D eigenvalue weighted by Crippen LogP contribution is 2.35. The summed E-state index contributed by atoms with van der Waals surface area (Å²) in [5.41, 5.74) is 2.75. The van der Waals surface area contributed by atoms with Crippen LogP contribution >= 0.6 is 11.6 Å². The molecule has 0 aliphatic carbocycles. The van der Waals surface area contributed by atoms with Gasteiger partial charge in [0.2, 0.25) is 5.91 Å². The highest BCUT2D eigenvalue weighted by atomic mass is 35.5. The summed E-state index contributed by atoms with van der Waals surface area (Å²) in [6.07, 6.45) is 6.25. The van der Waals surface area contributed by atoms with E-state index in [1.807, 2.05) is 17.0 Å².